The molecule has 2 aromatic carbocycles. The Bertz CT molecular complexity index is 1610. The van der Waals surface area contributed by atoms with Gasteiger partial charge in [-0.05, 0) is 49.4 Å². The first-order valence-electron chi connectivity index (χ1n) is 12.7. The molecule has 7 rings (SSSR count). The van der Waals surface area contributed by atoms with Gasteiger partial charge in [0.15, 0.2) is 0 Å². The van der Waals surface area contributed by atoms with E-state index in [9.17, 15) is 0 Å². The predicted molar refractivity (Wildman–Crippen MR) is 147 cm³/mol. The van der Waals surface area contributed by atoms with Gasteiger partial charge in [-0.2, -0.15) is 10.2 Å². The van der Waals surface area contributed by atoms with Gasteiger partial charge in [-0.15, -0.1) is 12.6 Å². The number of hydrogen-bond donors (Lipinski definition) is 0. The third-order valence-electron chi connectivity index (χ3n) is 8.08. The van der Waals surface area contributed by atoms with Gasteiger partial charge in [0.05, 0.1) is 22.9 Å². The highest BCUT2D eigenvalue weighted by Crippen LogP contribution is 2.46. The number of para-hydroxylation sites is 1. The van der Waals surface area contributed by atoms with Crippen molar-refractivity contribution in [1.29, 1.82) is 0 Å². The van der Waals surface area contributed by atoms with E-state index in [2.05, 4.69) is 90.2 Å². The fourth-order valence-electron chi connectivity index (χ4n) is 6.45. The Kier molecular flexibility index (Phi) is 4.81. The lowest BCUT2D eigenvalue weighted by molar-refractivity contribution is 0.547. The second-order valence-corrected chi connectivity index (χ2v) is 10.3. The maximum atomic E-state index is 5.16. The SMILES string of the molecule is C=C[B]C1C[C@@H]2C[C@H]1CN2c1ccc(-n2nc(-c3cccc4nn(C)cc34)c3cccc(C)c32)cn1. The molecule has 0 amide bonds. The van der Waals surface area contributed by atoms with Gasteiger partial charge in [0.1, 0.15) is 18.8 Å². The number of fused-ring (bicyclic) bond motifs is 4. The number of piperidine rings is 1. The number of pyridine rings is 1. The molecule has 4 heterocycles. The highest BCUT2D eigenvalue weighted by Gasteiger charge is 2.44. The first-order chi connectivity index (χ1) is 17.6. The van der Waals surface area contributed by atoms with Crippen molar-refractivity contribution in [2.45, 2.75) is 31.6 Å². The third-order valence-corrected chi connectivity index (χ3v) is 8.08. The van der Waals surface area contributed by atoms with E-state index < -0.39 is 0 Å². The lowest BCUT2D eigenvalue weighted by Gasteiger charge is -2.32. The van der Waals surface area contributed by atoms with E-state index in [1.807, 2.05) is 23.9 Å². The summed E-state index contributed by atoms with van der Waals surface area (Å²) in [5.41, 5.74) is 6.33. The highest BCUT2D eigenvalue weighted by molar-refractivity contribution is 6.44. The average Bonchev–Trinajstić information content (AvgIpc) is 3.65. The van der Waals surface area contributed by atoms with Crippen LogP contribution in [0.15, 0.2) is 73.5 Å². The van der Waals surface area contributed by atoms with Crippen molar-refractivity contribution < 1.29 is 0 Å². The van der Waals surface area contributed by atoms with Gasteiger partial charge in [-0.3, -0.25) is 4.68 Å². The molecule has 5 aromatic rings. The summed E-state index contributed by atoms with van der Waals surface area (Å²) >= 11 is 0. The van der Waals surface area contributed by atoms with Crippen LogP contribution in [-0.4, -0.2) is 44.4 Å². The maximum Gasteiger partial charge on any atom is 0.144 e. The quantitative estimate of drug-likeness (QED) is 0.317. The van der Waals surface area contributed by atoms with Gasteiger partial charge in [0, 0.05) is 42.2 Å². The molecular weight excluding hydrogens is 443 g/mol. The Labute approximate surface area is 211 Å². The Balaban J connectivity index is 1.29. The van der Waals surface area contributed by atoms with Crippen molar-refractivity contribution in [2.24, 2.45) is 13.0 Å². The standard InChI is InChI=1S/C29H28BN6/c1-4-30-25-14-21-13-19(25)16-35(21)27-12-11-20(15-31-27)36-29-18(2)7-5-9-23(29)28(33-36)22-8-6-10-26-24(22)17-34(3)32-26/h4-12,15,17,19,21,25H,1,13-14,16H2,2-3H3/t19-,21-,25?/m0/s1. The number of aryl methyl sites for hydroxylation is 2. The molecule has 7 heteroatoms. The number of hydrogen-bond acceptors (Lipinski definition) is 4. The van der Waals surface area contributed by atoms with Crippen LogP contribution in [-0.2, 0) is 7.05 Å². The van der Waals surface area contributed by atoms with Gasteiger partial charge < -0.3 is 4.90 Å². The van der Waals surface area contributed by atoms with Crippen molar-refractivity contribution in [3.63, 3.8) is 0 Å². The Morgan fingerprint density at radius 3 is 2.69 bits per heavy atom. The minimum atomic E-state index is 0.578. The summed E-state index contributed by atoms with van der Waals surface area (Å²) in [4.78, 5) is 7.41. The Hall–Kier alpha value is -3.87. The molecule has 2 aliphatic rings. The normalized spacial score (nSPS) is 21.1. The molecule has 3 aromatic heterocycles. The molecule has 1 unspecified atom stereocenters. The second kappa shape index (κ2) is 8.09. The van der Waals surface area contributed by atoms with E-state index in [4.69, 9.17) is 10.1 Å². The number of rotatable bonds is 5. The van der Waals surface area contributed by atoms with Gasteiger partial charge in [-0.1, -0.05) is 36.1 Å². The van der Waals surface area contributed by atoms with Crippen LogP contribution in [0.2, 0.25) is 5.82 Å². The summed E-state index contributed by atoms with van der Waals surface area (Å²) in [7, 11) is 4.25. The van der Waals surface area contributed by atoms with Crippen LogP contribution >= 0.6 is 0 Å². The largest absolute Gasteiger partial charge is 0.353 e. The van der Waals surface area contributed by atoms with Gasteiger partial charge >= 0.3 is 0 Å². The molecule has 1 aliphatic heterocycles. The van der Waals surface area contributed by atoms with E-state index in [-0.39, 0.29) is 0 Å². The lowest BCUT2D eigenvalue weighted by Crippen LogP contribution is -2.35. The van der Waals surface area contributed by atoms with Gasteiger partial charge in [0.25, 0.3) is 0 Å². The second-order valence-electron chi connectivity index (χ2n) is 10.3. The highest BCUT2D eigenvalue weighted by atomic mass is 15.3. The van der Waals surface area contributed by atoms with Crippen molar-refractivity contribution >= 4 is 34.9 Å². The summed E-state index contributed by atoms with van der Waals surface area (Å²) in [6.45, 7) is 7.12. The smallest absolute Gasteiger partial charge is 0.144 e. The van der Waals surface area contributed by atoms with E-state index in [0.29, 0.717) is 17.8 Å². The average molecular weight is 471 g/mol. The molecule has 2 fully saturated rings. The molecule has 2 bridgehead atoms. The van der Waals surface area contributed by atoms with Crippen LogP contribution in [0.1, 0.15) is 18.4 Å². The minimum Gasteiger partial charge on any atom is -0.353 e. The predicted octanol–water partition coefficient (Wildman–Crippen LogP) is 5.52. The fraction of sp³-hybridized carbons (Fsp3) is 0.276. The van der Waals surface area contributed by atoms with Gasteiger partial charge in [-0.25, -0.2) is 9.67 Å². The molecule has 1 radical (unpaired) electrons. The van der Waals surface area contributed by atoms with Crippen molar-refractivity contribution in [2.75, 3.05) is 11.4 Å². The zero-order valence-corrected chi connectivity index (χ0v) is 20.7. The molecule has 1 aliphatic carbocycles. The van der Waals surface area contributed by atoms with Crippen LogP contribution in [0.4, 0.5) is 5.82 Å². The van der Waals surface area contributed by atoms with Crippen LogP contribution in [0, 0.1) is 12.8 Å². The molecule has 36 heavy (non-hydrogen) atoms. The van der Waals surface area contributed by atoms with E-state index in [0.717, 1.165) is 51.1 Å². The van der Waals surface area contributed by atoms with Crippen molar-refractivity contribution in [1.82, 2.24) is 24.5 Å². The number of aromatic nitrogens is 5. The molecule has 6 nitrogen and oxygen atoms in total. The van der Waals surface area contributed by atoms with Crippen LogP contribution in [0.25, 0.3) is 38.8 Å². The summed E-state index contributed by atoms with van der Waals surface area (Å²) in [6.07, 6.45) is 6.50. The van der Waals surface area contributed by atoms with Crippen LogP contribution < -0.4 is 4.90 Å². The van der Waals surface area contributed by atoms with Crippen molar-refractivity contribution in [3.05, 3.63) is 79.0 Å². The fourth-order valence-corrected chi connectivity index (χ4v) is 6.45. The molecule has 177 valence electrons. The molecule has 0 N–H and O–H groups in total. The van der Waals surface area contributed by atoms with Crippen molar-refractivity contribution in [3.8, 4) is 16.9 Å². The minimum absolute atomic E-state index is 0.578. The van der Waals surface area contributed by atoms with Crippen LogP contribution in [0.3, 0.4) is 0 Å². The number of benzene rings is 2. The first kappa shape index (κ1) is 21.4. The van der Waals surface area contributed by atoms with Gasteiger partial charge in [0.2, 0.25) is 0 Å². The third kappa shape index (κ3) is 3.22. The maximum absolute atomic E-state index is 5.16. The summed E-state index contributed by atoms with van der Waals surface area (Å²) in [5.74, 6) is 4.41. The van der Waals surface area contributed by atoms with Crippen LogP contribution in [0.5, 0.6) is 0 Å². The molecular formula is C29H28BN6. The van der Waals surface area contributed by atoms with E-state index in [1.165, 1.54) is 18.4 Å². The lowest BCUT2D eigenvalue weighted by atomic mass is 9.60. The van der Waals surface area contributed by atoms with E-state index >= 15 is 0 Å². The Morgan fingerprint density at radius 1 is 1.03 bits per heavy atom. The number of anilines is 1. The summed E-state index contributed by atoms with van der Waals surface area (Å²) < 4.78 is 3.92. The molecule has 3 atom stereocenters. The Morgan fingerprint density at radius 2 is 1.92 bits per heavy atom. The topological polar surface area (TPSA) is 51.8 Å². The zero-order chi connectivity index (χ0) is 24.4. The number of nitrogens with zero attached hydrogens (tertiary/aromatic N) is 6. The first-order valence-corrected chi connectivity index (χ1v) is 12.7. The zero-order valence-electron chi connectivity index (χ0n) is 20.7. The monoisotopic (exact) mass is 471 g/mol. The molecule has 1 saturated carbocycles. The molecule has 1 saturated heterocycles. The molecule has 0 spiro atoms. The summed E-state index contributed by atoms with van der Waals surface area (Å²) in [6, 6.07) is 17.6. The van der Waals surface area contributed by atoms with E-state index in [1.54, 1.807) is 0 Å². The summed E-state index contributed by atoms with van der Waals surface area (Å²) in [5, 5.41) is 12.0.